The van der Waals surface area contributed by atoms with Crippen molar-refractivity contribution in [3.8, 4) is 5.88 Å². The molecule has 33 heavy (non-hydrogen) atoms. The van der Waals surface area contributed by atoms with Gasteiger partial charge in [0.1, 0.15) is 18.2 Å². The van der Waals surface area contributed by atoms with Crippen molar-refractivity contribution in [3.05, 3.63) is 88.6 Å². The standard InChI is InChI=1S/C26H28FN3O3/c1-16(2)24(31)13-23-12-20(9-10-28-23)18(4)30-25(32)21-11-17(3)26(29-14-21)33-15-19-5-7-22(27)8-6-19/h5-12,14,16,18H,13,15H2,1-4H3,(H,30,32). The third-order valence-corrected chi connectivity index (χ3v) is 5.27. The maximum atomic E-state index is 13.0. The number of nitrogens with zero attached hydrogens (tertiary/aromatic N) is 2. The van der Waals surface area contributed by atoms with E-state index in [1.807, 2.05) is 39.8 Å². The Morgan fingerprint density at radius 2 is 1.79 bits per heavy atom. The Morgan fingerprint density at radius 3 is 2.45 bits per heavy atom. The van der Waals surface area contributed by atoms with Crippen LogP contribution in [0.4, 0.5) is 4.39 Å². The number of halogens is 1. The van der Waals surface area contributed by atoms with Crippen LogP contribution in [0.15, 0.2) is 54.9 Å². The van der Waals surface area contributed by atoms with E-state index in [-0.39, 0.29) is 42.5 Å². The monoisotopic (exact) mass is 449 g/mol. The van der Waals surface area contributed by atoms with Crippen LogP contribution in [0.25, 0.3) is 0 Å². The number of amides is 1. The van der Waals surface area contributed by atoms with Crippen molar-refractivity contribution in [2.45, 2.75) is 46.8 Å². The number of Topliss-reactive ketones (excluding diaryl/α,β-unsaturated/α-hetero) is 1. The minimum Gasteiger partial charge on any atom is -0.473 e. The van der Waals surface area contributed by atoms with Crippen LogP contribution in [0.1, 0.15) is 59.6 Å². The Hall–Kier alpha value is -3.61. The fourth-order valence-electron chi connectivity index (χ4n) is 3.18. The van der Waals surface area contributed by atoms with Gasteiger partial charge in [-0.05, 0) is 55.3 Å². The molecule has 1 amide bonds. The van der Waals surface area contributed by atoms with Gasteiger partial charge in [-0.25, -0.2) is 9.37 Å². The van der Waals surface area contributed by atoms with Crippen LogP contribution in [-0.2, 0) is 17.8 Å². The van der Waals surface area contributed by atoms with Crippen LogP contribution in [0.3, 0.4) is 0 Å². The lowest BCUT2D eigenvalue weighted by Gasteiger charge is -2.16. The molecular weight excluding hydrogens is 421 g/mol. The molecule has 2 heterocycles. The molecule has 1 atom stereocenters. The number of nitrogens with one attached hydrogen (secondary N) is 1. The van der Waals surface area contributed by atoms with E-state index >= 15 is 0 Å². The number of aromatic nitrogens is 2. The molecule has 7 heteroatoms. The maximum Gasteiger partial charge on any atom is 0.253 e. The van der Waals surface area contributed by atoms with Gasteiger partial charge in [0.15, 0.2) is 0 Å². The summed E-state index contributed by atoms with van der Waals surface area (Å²) in [6.07, 6.45) is 3.39. The van der Waals surface area contributed by atoms with E-state index in [4.69, 9.17) is 4.74 Å². The molecule has 0 aliphatic heterocycles. The smallest absolute Gasteiger partial charge is 0.253 e. The van der Waals surface area contributed by atoms with Crippen LogP contribution in [0, 0.1) is 18.7 Å². The van der Waals surface area contributed by atoms with Crippen molar-refractivity contribution in [1.29, 1.82) is 0 Å². The quantitative estimate of drug-likeness (QED) is 0.509. The lowest BCUT2D eigenvalue weighted by molar-refractivity contribution is -0.121. The molecule has 1 N–H and O–H groups in total. The van der Waals surface area contributed by atoms with Gasteiger partial charge in [0.2, 0.25) is 5.88 Å². The average molecular weight is 450 g/mol. The summed E-state index contributed by atoms with van der Waals surface area (Å²) in [7, 11) is 0. The van der Waals surface area contributed by atoms with Gasteiger partial charge in [-0.1, -0.05) is 26.0 Å². The van der Waals surface area contributed by atoms with Crippen molar-refractivity contribution in [2.75, 3.05) is 0 Å². The van der Waals surface area contributed by atoms with E-state index in [0.29, 0.717) is 17.1 Å². The number of hydrogen-bond donors (Lipinski definition) is 1. The molecule has 6 nitrogen and oxygen atoms in total. The molecule has 0 bridgehead atoms. The zero-order valence-electron chi connectivity index (χ0n) is 19.3. The molecule has 172 valence electrons. The summed E-state index contributed by atoms with van der Waals surface area (Å²) in [5.41, 5.74) is 3.51. The van der Waals surface area contributed by atoms with Crippen molar-refractivity contribution in [2.24, 2.45) is 5.92 Å². The molecule has 2 aromatic heterocycles. The molecule has 0 aliphatic carbocycles. The van der Waals surface area contributed by atoms with E-state index in [1.54, 1.807) is 24.4 Å². The van der Waals surface area contributed by atoms with Gasteiger partial charge < -0.3 is 10.1 Å². The van der Waals surface area contributed by atoms with Crippen molar-refractivity contribution in [1.82, 2.24) is 15.3 Å². The first-order valence-electron chi connectivity index (χ1n) is 10.8. The van der Waals surface area contributed by atoms with Crippen LogP contribution >= 0.6 is 0 Å². The molecule has 1 aromatic carbocycles. The SMILES string of the molecule is Cc1cc(C(=O)NC(C)c2ccnc(CC(=O)C(C)C)c2)cnc1OCc1ccc(F)cc1. The number of carbonyl (C=O) groups is 2. The Kier molecular flexibility index (Phi) is 7.87. The van der Waals surface area contributed by atoms with Gasteiger partial charge in [-0.3, -0.25) is 14.6 Å². The van der Waals surface area contributed by atoms with Crippen LogP contribution < -0.4 is 10.1 Å². The van der Waals surface area contributed by atoms with Crippen molar-refractivity contribution >= 4 is 11.7 Å². The van der Waals surface area contributed by atoms with Gasteiger partial charge in [0, 0.05) is 36.0 Å². The first-order valence-corrected chi connectivity index (χ1v) is 10.8. The number of rotatable bonds is 9. The molecule has 0 fully saturated rings. The number of hydrogen-bond acceptors (Lipinski definition) is 5. The Labute approximate surface area is 193 Å². The topological polar surface area (TPSA) is 81.2 Å². The third kappa shape index (κ3) is 6.68. The lowest BCUT2D eigenvalue weighted by Crippen LogP contribution is -2.27. The lowest BCUT2D eigenvalue weighted by atomic mass is 10.0. The first-order chi connectivity index (χ1) is 15.7. The first kappa shape index (κ1) is 24.0. The summed E-state index contributed by atoms with van der Waals surface area (Å²) in [5, 5.41) is 2.96. The minimum atomic E-state index is -0.301. The number of carbonyl (C=O) groups excluding carboxylic acids is 2. The molecule has 3 rings (SSSR count). The summed E-state index contributed by atoms with van der Waals surface area (Å²) >= 11 is 0. The van der Waals surface area contributed by atoms with Crippen molar-refractivity contribution in [3.63, 3.8) is 0 Å². The molecule has 3 aromatic rings. The number of ether oxygens (including phenoxy) is 1. The Morgan fingerprint density at radius 1 is 1.06 bits per heavy atom. The summed E-state index contributed by atoms with van der Waals surface area (Å²) in [6.45, 7) is 7.67. The second kappa shape index (κ2) is 10.8. The van der Waals surface area contributed by atoms with Gasteiger partial charge in [-0.2, -0.15) is 0 Å². The van der Waals surface area contributed by atoms with Gasteiger partial charge >= 0.3 is 0 Å². The highest BCUT2D eigenvalue weighted by Gasteiger charge is 2.16. The fraction of sp³-hybridized carbons (Fsp3) is 0.308. The average Bonchev–Trinajstić information content (AvgIpc) is 2.79. The maximum absolute atomic E-state index is 13.0. The zero-order chi connectivity index (χ0) is 24.0. The van der Waals surface area contributed by atoms with Gasteiger partial charge in [0.25, 0.3) is 5.91 Å². The largest absolute Gasteiger partial charge is 0.473 e. The third-order valence-electron chi connectivity index (χ3n) is 5.27. The summed E-state index contributed by atoms with van der Waals surface area (Å²) in [6, 6.07) is 11.2. The second-order valence-electron chi connectivity index (χ2n) is 8.33. The molecular formula is C26H28FN3O3. The Balaban J connectivity index is 1.62. The normalized spacial score (nSPS) is 11.8. The van der Waals surface area contributed by atoms with Gasteiger partial charge in [0.05, 0.1) is 11.6 Å². The summed E-state index contributed by atoms with van der Waals surface area (Å²) < 4.78 is 18.7. The highest BCUT2D eigenvalue weighted by Crippen LogP contribution is 2.19. The van der Waals surface area contributed by atoms with E-state index < -0.39 is 0 Å². The molecule has 1 unspecified atom stereocenters. The fourth-order valence-corrected chi connectivity index (χ4v) is 3.18. The van der Waals surface area contributed by atoms with Crippen LogP contribution in [0.5, 0.6) is 5.88 Å². The molecule has 0 saturated heterocycles. The predicted molar refractivity (Wildman–Crippen MR) is 123 cm³/mol. The number of pyridine rings is 2. The van der Waals surface area contributed by atoms with E-state index in [1.165, 1.54) is 18.3 Å². The zero-order valence-corrected chi connectivity index (χ0v) is 19.3. The van der Waals surface area contributed by atoms with Crippen LogP contribution in [0.2, 0.25) is 0 Å². The summed E-state index contributed by atoms with van der Waals surface area (Å²) in [4.78, 5) is 33.3. The number of aryl methyl sites for hydroxylation is 1. The summed E-state index contributed by atoms with van der Waals surface area (Å²) in [5.74, 6) is -0.0763. The number of ketones is 1. The Bertz CT molecular complexity index is 1130. The van der Waals surface area contributed by atoms with E-state index in [9.17, 15) is 14.0 Å². The van der Waals surface area contributed by atoms with Gasteiger partial charge in [-0.15, -0.1) is 0 Å². The molecule has 0 saturated carbocycles. The molecule has 0 radical (unpaired) electrons. The predicted octanol–water partition coefficient (Wildman–Crippen LogP) is 4.76. The van der Waals surface area contributed by atoms with Crippen molar-refractivity contribution < 1.29 is 18.7 Å². The number of benzene rings is 1. The highest BCUT2D eigenvalue weighted by molar-refractivity contribution is 5.94. The second-order valence-corrected chi connectivity index (χ2v) is 8.33. The molecule has 0 aliphatic rings. The van der Waals surface area contributed by atoms with E-state index in [0.717, 1.165) is 16.7 Å². The van der Waals surface area contributed by atoms with E-state index in [2.05, 4.69) is 15.3 Å². The molecule has 0 spiro atoms. The minimum absolute atomic E-state index is 0.0500. The van der Waals surface area contributed by atoms with Crippen LogP contribution in [-0.4, -0.2) is 21.7 Å². The highest BCUT2D eigenvalue weighted by atomic mass is 19.1.